The lowest BCUT2D eigenvalue weighted by Crippen LogP contribution is -2.80. The number of methoxy groups -OCH3 is 3. The summed E-state index contributed by atoms with van der Waals surface area (Å²) < 4.78 is 32.2. The van der Waals surface area contributed by atoms with Gasteiger partial charge in [-0.2, -0.15) is 0 Å². The molecule has 1 N–H and O–H groups in total. The Hall–Kier alpha value is -0.280. The molecular weight excluding hydrogens is 410 g/mol. The standard InChI is InChI=1S/C25H39NO6/c1-6-26-11-22(2)8-7-16(29-4)24-14-9-13-15(28-3)10-23(17(14)18(13)30-5)25(21(24)26,32-12-31-23)20(27)19(22)24/h13-21,27H,6-12H2,1-5H3/t13-,14-,15-,16+,17-,18+,19-,20-,21+,22+,23-,24+,25-/m0/s1. The summed E-state index contributed by atoms with van der Waals surface area (Å²) in [6, 6.07) is 0.0916. The third-order valence-corrected chi connectivity index (χ3v) is 11.8. The zero-order valence-corrected chi connectivity index (χ0v) is 20.1. The number of likely N-dealkylation sites (tertiary alicyclic amines) is 1. The number of fused-ring (bicyclic) bond motifs is 1. The van der Waals surface area contributed by atoms with Gasteiger partial charge < -0.3 is 28.8 Å². The number of aliphatic hydroxyl groups is 1. The Labute approximate surface area is 191 Å². The molecule has 0 amide bonds. The zero-order valence-electron chi connectivity index (χ0n) is 20.1. The highest BCUT2D eigenvalue weighted by molar-refractivity contribution is 5.42. The predicted octanol–water partition coefficient (Wildman–Crippen LogP) is 1.66. The van der Waals surface area contributed by atoms with Gasteiger partial charge in [0.25, 0.3) is 0 Å². The number of hydrogen-bond acceptors (Lipinski definition) is 7. The molecule has 5 saturated carbocycles. The summed E-state index contributed by atoms with van der Waals surface area (Å²) >= 11 is 0. The molecule has 7 bridgehead atoms. The van der Waals surface area contributed by atoms with Crippen LogP contribution in [0.1, 0.15) is 39.5 Å². The Morgan fingerprint density at radius 2 is 1.94 bits per heavy atom. The first-order valence-electron chi connectivity index (χ1n) is 12.7. The van der Waals surface area contributed by atoms with Crippen LogP contribution in [0.3, 0.4) is 0 Å². The van der Waals surface area contributed by atoms with Crippen LogP contribution in [0, 0.1) is 34.5 Å². The van der Waals surface area contributed by atoms with Crippen molar-refractivity contribution >= 4 is 0 Å². The number of piperidine rings is 1. The molecule has 7 fully saturated rings. The topological polar surface area (TPSA) is 69.6 Å². The van der Waals surface area contributed by atoms with Crippen molar-refractivity contribution in [1.29, 1.82) is 0 Å². The Balaban J connectivity index is 1.56. The van der Waals surface area contributed by atoms with Crippen molar-refractivity contribution in [2.75, 3.05) is 41.2 Å². The third kappa shape index (κ3) is 1.80. The fraction of sp³-hybridized carbons (Fsp3) is 1.00. The first-order valence-corrected chi connectivity index (χ1v) is 12.7. The highest BCUT2D eigenvalue weighted by Gasteiger charge is 2.93. The molecule has 2 saturated heterocycles. The molecule has 7 rings (SSSR count). The normalized spacial score (nSPS) is 64.1. The molecule has 13 atom stereocenters. The van der Waals surface area contributed by atoms with Gasteiger partial charge in [0.05, 0.1) is 30.5 Å². The van der Waals surface area contributed by atoms with Gasteiger partial charge in [-0.25, -0.2) is 0 Å². The average Bonchev–Trinajstić information content (AvgIpc) is 3.37. The summed E-state index contributed by atoms with van der Waals surface area (Å²) in [6.45, 7) is 6.87. The lowest BCUT2D eigenvalue weighted by Gasteiger charge is -2.69. The highest BCUT2D eigenvalue weighted by atomic mass is 16.7. The maximum absolute atomic E-state index is 12.4. The van der Waals surface area contributed by atoms with Gasteiger partial charge in [-0.05, 0) is 37.1 Å². The van der Waals surface area contributed by atoms with Gasteiger partial charge in [0, 0.05) is 57.5 Å². The van der Waals surface area contributed by atoms with Crippen LogP contribution in [-0.2, 0) is 23.7 Å². The van der Waals surface area contributed by atoms with E-state index < -0.39 is 17.3 Å². The predicted molar refractivity (Wildman–Crippen MR) is 115 cm³/mol. The Morgan fingerprint density at radius 3 is 2.62 bits per heavy atom. The monoisotopic (exact) mass is 449 g/mol. The lowest BCUT2D eigenvalue weighted by molar-refractivity contribution is -0.282. The average molecular weight is 450 g/mol. The number of likely N-dealkylation sites (N-methyl/N-ethyl adjacent to an activating group) is 1. The third-order valence-electron chi connectivity index (χ3n) is 11.8. The van der Waals surface area contributed by atoms with Crippen LogP contribution in [0.15, 0.2) is 0 Å². The van der Waals surface area contributed by atoms with Crippen LogP contribution in [0.5, 0.6) is 0 Å². The summed E-state index contributed by atoms with van der Waals surface area (Å²) in [4.78, 5) is 2.64. The van der Waals surface area contributed by atoms with Gasteiger partial charge in [-0.1, -0.05) is 13.8 Å². The van der Waals surface area contributed by atoms with Crippen molar-refractivity contribution in [2.24, 2.45) is 34.5 Å². The summed E-state index contributed by atoms with van der Waals surface area (Å²) in [6.07, 6.45) is 3.60. The van der Waals surface area contributed by atoms with E-state index in [0.29, 0.717) is 11.8 Å². The van der Waals surface area contributed by atoms with Crippen molar-refractivity contribution in [2.45, 2.75) is 81.2 Å². The van der Waals surface area contributed by atoms with E-state index in [1.54, 1.807) is 0 Å². The minimum atomic E-state index is -0.767. The summed E-state index contributed by atoms with van der Waals surface area (Å²) in [5.74, 6) is 1.05. The van der Waals surface area contributed by atoms with E-state index in [9.17, 15) is 5.11 Å². The summed E-state index contributed by atoms with van der Waals surface area (Å²) in [5.41, 5.74) is -1.48. The van der Waals surface area contributed by atoms with Crippen LogP contribution in [0.25, 0.3) is 0 Å². The quantitative estimate of drug-likeness (QED) is 0.700. The molecule has 0 aromatic rings. The van der Waals surface area contributed by atoms with Gasteiger partial charge >= 0.3 is 0 Å². The first kappa shape index (κ1) is 21.0. The number of ether oxygens (including phenoxy) is 5. The Kier molecular flexibility index (Phi) is 4.13. The van der Waals surface area contributed by atoms with Gasteiger partial charge in [0.1, 0.15) is 18.0 Å². The molecule has 180 valence electrons. The molecule has 7 nitrogen and oxygen atoms in total. The second kappa shape index (κ2) is 6.28. The maximum atomic E-state index is 12.4. The minimum absolute atomic E-state index is 0.0392. The van der Waals surface area contributed by atoms with Gasteiger partial charge in [-0.15, -0.1) is 0 Å². The van der Waals surface area contributed by atoms with Crippen LogP contribution < -0.4 is 0 Å². The van der Waals surface area contributed by atoms with Crippen LogP contribution in [0.4, 0.5) is 0 Å². The largest absolute Gasteiger partial charge is 0.390 e. The lowest BCUT2D eigenvalue weighted by atomic mass is 9.43. The molecule has 2 aliphatic heterocycles. The molecule has 0 aromatic heterocycles. The fourth-order valence-corrected chi connectivity index (χ4v) is 11.5. The van der Waals surface area contributed by atoms with E-state index in [2.05, 4.69) is 18.7 Å². The van der Waals surface area contributed by atoms with Crippen molar-refractivity contribution < 1.29 is 28.8 Å². The highest BCUT2D eigenvalue weighted by Crippen LogP contribution is 2.82. The zero-order chi connectivity index (χ0) is 22.3. The molecular formula is C25H39NO6. The number of hydrogen-bond donors (Lipinski definition) is 1. The molecule has 0 radical (unpaired) electrons. The maximum Gasteiger partial charge on any atom is 0.148 e. The van der Waals surface area contributed by atoms with Crippen molar-refractivity contribution in [3.8, 4) is 0 Å². The van der Waals surface area contributed by atoms with E-state index in [4.69, 9.17) is 23.7 Å². The SMILES string of the molecule is CCN1C[C@@]2(C)CC[C@@H](OC)[C@]34[C@@H]1[C@@]1(OCO[C@]15C[C@H](OC)[C@@H]1C[C@H]3[C@H]5[C@@H]1OC)[C@@H](O)[C@@H]24. The second-order valence-corrected chi connectivity index (χ2v) is 12.1. The van der Waals surface area contributed by atoms with E-state index >= 15 is 0 Å². The number of aliphatic hydroxyl groups excluding tert-OH is 1. The van der Waals surface area contributed by atoms with E-state index in [0.717, 1.165) is 38.8 Å². The van der Waals surface area contributed by atoms with Gasteiger partial charge in [-0.3, -0.25) is 4.90 Å². The second-order valence-electron chi connectivity index (χ2n) is 12.1. The number of nitrogens with zero attached hydrogens (tertiary/aromatic N) is 1. The van der Waals surface area contributed by atoms with E-state index in [1.807, 2.05) is 21.3 Å². The van der Waals surface area contributed by atoms with Crippen LogP contribution >= 0.6 is 0 Å². The molecule has 0 aromatic carbocycles. The molecule has 0 unspecified atom stereocenters. The molecule has 5 aliphatic carbocycles. The van der Waals surface area contributed by atoms with Crippen LogP contribution in [-0.4, -0.2) is 92.9 Å². The number of rotatable bonds is 4. The van der Waals surface area contributed by atoms with Crippen molar-refractivity contribution in [3.05, 3.63) is 0 Å². The molecule has 2 heterocycles. The van der Waals surface area contributed by atoms with Crippen molar-refractivity contribution in [1.82, 2.24) is 4.90 Å². The van der Waals surface area contributed by atoms with Crippen LogP contribution in [0.2, 0.25) is 0 Å². The van der Waals surface area contributed by atoms with Gasteiger partial charge in [0.15, 0.2) is 0 Å². The Bertz CT molecular complexity index is 826. The molecule has 3 spiro atoms. The molecule has 7 aliphatic rings. The summed E-state index contributed by atoms with van der Waals surface area (Å²) in [7, 11) is 5.54. The van der Waals surface area contributed by atoms with Gasteiger partial charge in [0.2, 0.25) is 0 Å². The first-order chi connectivity index (χ1) is 15.4. The molecule has 7 heteroatoms. The van der Waals surface area contributed by atoms with Crippen molar-refractivity contribution in [3.63, 3.8) is 0 Å². The fourth-order valence-electron chi connectivity index (χ4n) is 11.5. The molecule has 32 heavy (non-hydrogen) atoms. The van der Waals surface area contributed by atoms with E-state index in [-0.39, 0.29) is 53.8 Å². The Morgan fingerprint density at radius 1 is 1.12 bits per heavy atom. The minimum Gasteiger partial charge on any atom is -0.390 e. The summed E-state index contributed by atoms with van der Waals surface area (Å²) in [5, 5.41) is 12.4. The smallest absolute Gasteiger partial charge is 0.148 e. The van der Waals surface area contributed by atoms with E-state index in [1.165, 1.54) is 0 Å².